The third-order valence-corrected chi connectivity index (χ3v) is 3.41. The van der Waals surface area contributed by atoms with E-state index < -0.39 is 11.9 Å². The van der Waals surface area contributed by atoms with Crippen LogP contribution < -0.4 is 0 Å². The van der Waals surface area contributed by atoms with Crippen LogP contribution in [-0.2, 0) is 17.8 Å². The minimum absolute atomic E-state index is 0.0468. The molecule has 0 aliphatic carbocycles. The molecule has 2 aromatic rings. The van der Waals surface area contributed by atoms with Gasteiger partial charge in [-0.2, -0.15) is 0 Å². The molecule has 1 N–H and O–H groups in total. The summed E-state index contributed by atoms with van der Waals surface area (Å²) in [5.41, 5.74) is 1.09. The van der Waals surface area contributed by atoms with E-state index in [1.165, 1.54) is 12.3 Å². The molecular weight excluding hydrogens is 274 g/mol. The molecule has 0 bridgehead atoms. The quantitative estimate of drug-likeness (QED) is 0.867. The van der Waals surface area contributed by atoms with Crippen LogP contribution in [0.5, 0.6) is 0 Å². The molecule has 21 heavy (non-hydrogen) atoms. The average molecular weight is 285 g/mol. The van der Waals surface area contributed by atoms with E-state index in [4.69, 9.17) is 9.52 Å². The van der Waals surface area contributed by atoms with Crippen molar-refractivity contribution >= 4 is 17.8 Å². The summed E-state index contributed by atoms with van der Waals surface area (Å²) >= 11 is 0. The maximum atomic E-state index is 12.4. The van der Waals surface area contributed by atoms with Gasteiger partial charge in [0.1, 0.15) is 11.3 Å². The smallest absolute Gasteiger partial charge is 0.339 e. The summed E-state index contributed by atoms with van der Waals surface area (Å²) in [7, 11) is 0. The molecule has 2 heterocycles. The lowest BCUT2D eigenvalue weighted by Gasteiger charge is -2.26. The minimum atomic E-state index is -1.16. The Morgan fingerprint density at radius 3 is 2.76 bits per heavy atom. The van der Waals surface area contributed by atoms with Gasteiger partial charge in [-0.1, -0.05) is 18.2 Å². The minimum Gasteiger partial charge on any atom is -0.478 e. The normalized spacial score (nSPS) is 14.2. The van der Waals surface area contributed by atoms with Gasteiger partial charge in [0.15, 0.2) is 0 Å². The van der Waals surface area contributed by atoms with Crippen molar-refractivity contribution in [3.8, 4) is 0 Å². The van der Waals surface area contributed by atoms with Crippen LogP contribution in [0.15, 0.2) is 41.0 Å². The first-order chi connectivity index (χ1) is 10.1. The third-order valence-electron chi connectivity index (χ3n) is 3.41. The number of benzene rings is 1. The highest BCUT2D eigenvalue weighted by Gasteiger charge is 2.32. The zero-order valence-electron chi connectivity index (χ0n) is 10.9. The van der Waals surface area contributed by atoms with E-state index in [9.17, 15) is 14.4 Å². The number of furan rings is 1. The van der Waals surface area contributed by atoms with Crippen molar-refractivity contribution < 1.29 is 23.9 Å². The number of nitrogens with zero attached hydrogens (tertiary/aromatic N) is 1. The Hall–Kier alpha value is -2.89. The van der Waals surface area contributed by atoms with Crippen LogP contribution in [0, 0.1) is 0 Å². The van der Waals surface area contributed by atoms with Gasteiger partial charge in [-0.15, -0.1) is 0 Å². The molecule has 1 aromatic carbocycles. The maximum Gasteiger partial charge on any atom is 0.339 e. The highest BCUT2D eigenvalue weighted by Crippen LogP contribution is 2.22. The van der Waals surface area contributed by atoms with Crippen molar-refractivity contribution in [3.63, 3.8) is 0 Å². The fraction of sp³-hybridized carbons (Fsp3) is 0.133. The zero-order chi connectivity index (χ0) is 15.0. The summed E-state index contributed by atoms with van der Waals surface area (Å²) in [6, 6.07) is 8.17. The van der Waals surface area contributed by atoms with Gasteiger partial charge in [-0.3, -0.25) is 14.5 Å². The molecule has 2 amide bonds. The fourth-order valence-electron chi connectivity index (χ4n) is 2.36. The first-order valence-corrected chi connectivity index (χ1v) is 6.30. The molecule has 1 aromatic heterocycles. The predicted molar refractivity (Wildman–Crippen MR) is 70.7 cm³/mol. The lowest BCUT2D eigenvalue weighted by molar-refractivity contribution is -0.129. The van der Waals surface area contributed by atoms with Gasteiger partial charge >= 0.3 is 5.97 Å². The number of rotatable bonds is 3. The zero-order valence-corrected chi connectivity index (χ0v) is 10.9. The first-order valence-electron chi connectivity index (χ1n) is 6.30. The summed E-state index contributed by atoms with van der Waals surface area (Å²) < 4.78 is 5.09. The summed E-state index contributed by atoms with van der Waals surface area (Å²) in [5, 5.41) is 9.03. The van der Waals surface area contributed by atoms with Gasteiger partial charge in [0.25, 0.3) is 5.91 Å². The van der Waals surface area contributed by atoms with E-state index in [0.29, 0.717) is 11.1 Å². The van der Waals surface area contributed by atoms with Crippen LogP contribution in [0.1, 0.15) is 32.0 Å². The Morgan fingerprint density at radius 1 is 1.24 bits per heavy atom. The topological polar surface area (TPSA) is 87.8 Å². The number of carbonyl (C=O) groups excluding carboxylic acids is 2. The lowest BCUT2D eigenvalue weighted by Crippen LogP contribution is -2.41. The molecular formula is C15H11NO5. The van der Waals surface area contributed by atoms with Crippen LogP contribution >= 0.6 is 0 Å². The van der Waals surface area contributed by atoms with Crippen LogP contribution in [0.25, 0.3) is 0 Å². The largest absolute Gasteiger partial charge is 0.478 e. The summed E-state index contributed by atoms with van der Waals surface area (Å²) in [6.45, 7) is -0.180. The van der Waals surface area contributed by atoms with E-state index >= 15 is 0 Å². The number of fused-ring (bicyclic) bond motifs is 1. The number of imide groups is 1. The predicted octanol–water partition coefficient (Wildman–Crippen LogP) is 1.70. The van der Waals surface area contributed by atoms with Gasteiger partial charge in [0.05, 0.1) is 19.2 Å². The van der Waals surface area contributed by atoms with Crippen molar-refractivity contribution in [1.82, 2.24) is 4.90 Å². The molecule has 0 unspecified atom stereocenters. The van der Waals surface area contributed by atoms with Gasteiger partial charge < -0.3 is 9.52 Å². The van der Waals surface area contributed by atoms with E-state index in [0.717, 1.165) is 4.90 Å². The van der Waals surface area contributed by atoms with Crippen molar-refractivity contribution in [3.05, 3.63) is 59.0 Å². The van der Waals surface area contributed by atoms with E-state index in [-0.39, 0.29) is 30.2 Å². The van der Waals surface area contributed by atoms with Gasteiger partial charge in [0.2, 0.25) is 5.91 Å². The molecule has 0 saturated heterocycles. The molecule has 1 aliphatic rings. The van der Waals surface area contributed by atoms with Crippen molar-refractivity contribution in [1.29, 1.82) is 0 Å². The Balaban J connectivity index is 1.93. The SMILES string of the molecule is O=C(O)c1ccoc1CN1C(=O)Cc2ccccc2C1=O. The number of carboxylic acids is 1. The Labute approximate surface area is 119 Å². The monoisotopic (exact) mass is 285 g/mol. The number of hydrogen-bond acceptors (Lipinski definition) is 4. The molecule has 3 rings (SSSR count). The van der Waals surface area contributed by atoms with Gasteiger partial charge in [-0.05, 0) is 17.7 Å². The number of hydrogen-bond donors (Lipinski definition) is 1. The molecule has 0 saturated carbocycles. The highest BCUT2D eigenvalue weighted by molar-refractivity contribution is 6.09. The van der Waals surface area contributed by atoms with Crippen molar-refractivity contribution in [2.75, 3.05) is 0 Å². The standard InChI is InChI=1S/C15H11NO5/c17-13-7-9-3-1-2-4-10(9)14(18)16(13)8-12-11(15(19)20)5-6-21-12/h1-6H,7-8H2,(H,19,20). The van der Waals surface area contributed by atoms with E-state index in [1.807, 2.05) is 0 Å². The maximum absolute atomic E-state index is 12.4. The van der Waals surface area contributed by atoms with Crippen LogP contribution in [0.2, 0.25) is 0 Å². The highest BCUT2D eigenvalue weighted by atomic mass is 16.4. The molecule has 106 valence electrons. The summed E-state index contributed by atoms with van der Waals surface area (Å²) in [6.07, 6.45) is 1.34. The Kier molecular flexibility index (Phi) is 3.06. The van der Waals surface area contributed by atoms with Gasteiger partial charge in [0, 0.05) is 5.56 Å². The second kappa shape index (κ2) is 4.90. The van der Waals surface area contributed by atoms with Crippen molar-refractivity contribution in [2.24, 2.45) is 0 Å². The van der Waals surface area contributed by atoms with Crippen LogP contribution in [-0.4, -0.2) is 27.8 Å². The second-order valence-corrected chi connectivity index (χ2v) is 4.68. The molecule has 6 heteroatoms. The third kappa shape index (κ3) is 2.20. The average Bonchev–Trinajstić information content (AvgIpc) is 2.92. The molecule has 0 spiro atoms. The van der Waals surface area contributed by atoms with Gasteiger partial charge in [-0.25, -0.2) is 4.79 Å². The molecule has 0 fully saturated rings. The fourth-order valence-corrected chi connectivity index (χ4v) is 2.36. The summed E-state index contributed by atoms with van der Waals surface area (Å²) in [5.74, 6) is -1.87. The molecule has 1 aliphatic heterocycles. The molecule has 0 radical (unpaired) electrons. The second-order valence-electron chi connectivity index (χ2n) is 4.68. The Morgan fingerprint density at radius 2 is 2.00 bits per heavy atom. The number of aromatic carboxylic acids is 1. The lowest BCUT2D eigenvalue weighted by atomic mass is 9.98. The van der Waals surface area contributed by atoms with E-state index in [1.54, 1.807) is 24.3 Å². The summed E-state index contributed by atoms with van der Waals surface area (Å²) in [4.78, 5) is 36.5. The van der Waals surface area contributed by atoms with Crippen LogP contribution in [0.4, 0.5) is 0 Å². The number of carbonyl (C=O) groups is 3. The first kappa shape index (κ1) is 13.1. The van der Waals surface area contributed by atoms with Crippen LogP contribution in [0.3, 0.4) is 0 Å². The molecule has 6 nitrogen and oxygen atoms in total. The Bertz CT molecular complexity index is 746. The number of carboxylic acid groups (broad SMARTS) is 1. The number of amides is 2. The molecule has 0 atom stereocenters. The van der Waals surface area contributed by atoms with E-state index in [2.05, 4.69) is 0 Å². The van der Waals surface area contributed by atoms with Crippen molar-refractivity contribution in [2.45, 2.75) is 13.0 Å².